The van der Waals surface area contributed by atoms with E-state index in [4.69, 9.17) is 27.5 Å². The fourth-order valence-corrected chi connectivity index (χ4v) is 3.43. The number of anilines is 1. The number of hydrogen-bond donors (Lipinski definition) is 1. The number of barbiturate groups is 1. The molecule has 1 fully saturated rings. The molecule has 1 aliphatic heterocycles. The number of hydrogen-bond acceptors (Lipinski definition) is 5. The molecule has 0 radical (unpaired) electrons. The first-order chi connectivity index (χ1) is 14.3. The van der Waals surface area contributed by atoms with Crippen molar-refractivity contribution in [1.82, 2.24) is 5.32 Å². The predicted molar refractivity (Wildman–Crippen MR) is 115 cm³/mol. The number of ether oxygens (including phenoxy) is 2. The van der Waals surface area contributed by atoms with Crippen LogP contribution in [-0.2, 0) is 9.59 Å². The van der Waals surface area contributed by atoms with E-state index in [1.807, 2.05) is 0 Å². The Hall–Kier alpha value is -3.28. The fraction of sp³-hybridized carbons (Fsp3) is 0.0952. The highest BCUT2D eigenvalue weighted by Gasteiger charge is 2.36. The Morgan fingerprint density at radius 1 is 1.23 bits per heavy atom. The van der Waals surface area contributed by atoms with Crippen molar-refractivity contribution in [3.63, 3.8) is 0 Å². The Labute approximate surface area is 185 Å². The van der Waals surface area contributed by atoms with Crippen molar-refractivity contribution in [2.24, 2.45) is 0 Å². The van der Waals surface area contributed by atoms with Gasteiger partial charge in [0.1, 0.15) is 12.2 Å². The van der Waals surface area contributed by atoms with Gasteiger partial charge in [0, 0.05) is 5.02 Å². The molecule has 2 aromatic carbocycles. The van der Waals surface area contributed by atoms with Gasteiger partial charge < -0.3 is 9.47 Å². The summed E-state index contributed by atoms with van der Waals surface area (Å²) in [5, 5.41) is 2.61. The molecule has 0 unspecified atom stereocenters. The molecular formula is C21H14BrClN2O5. The lowest BCUT2D eigenvalue weighted by Gasteiger charge is -2.26. The van der Waals surface area contributed by atoms with Crippen LogP contribution < -0.4 is 19.7 Å². The second-order valence-corrected chi connectivity index (χ2v) is 7.25. The van der Waals surface area contributed by atoms with Gasteiger partial charge in [-0.1, -0.05) is 17.5 Å². The van der Waals surface area contributed by atoms with E-state index in [1.165, 1.54) is 37.5 Å². The van der Waals surface area contributed by atoms with E-state index >= 15 is 0 Å². The van der Waals surface area contributed by atoms with Gasteiger partial charge in [-0.15, -0.1) is 6.42 Å². The molecule has 4 amide bonds. The van der Waals surface area contributed by atoms with Crippen molar-refractivity contribution in [3.05, 3.63) is 57.0 Å². The Morgan fingerprint density at radius 3 is 2.57 bits per heavy atom. The zero-order chi connectivity index (χ0) is 21.8. The predicted octanol–water partition coefficient (Wildman–Crippen LogP) is 3.79. The number of urea groups is 1. The van der Waals surface area contributed by atoms with Crippen molar-refractivity contribution < 1.29 is 23.9 Å². The first kappa shape index (κ1) is 21.4. The van der Waals surface area contributed by atoms with Gasteiger partial charge >= 0.3 is 6.03 Å². The Balaban J connectivity index is 2.01. The quantitative estimate of drug-likeness (QED) is 0.392. The lowest BCUT2D eigenvalue weighted by molar-refractivity contribution is -0.122. The van der Waals surface area contributed by atoms with E-state index in [-0.39, 0.29) is 17.9 Å². The van der Waals surface area contributed by atoms with Gasteiger partial charge in [0.05, 0.1) is 17.3 Å². The molecule has 152 valence electrons. The van der Waals surface area contributed by atoms with E-state index in [0.717, 1.165) is 4.90 Å². The second-order valence-electron chi connectivity index (χ2n) is 5.96. The molecule has 9 heteroatoms. The molecular weight excluding hydrogens is 476 g/mol. The maximum absolute atomic E-state index is 12.9. The highest BCUT2D eigenvalue weighted by atomic mass is 79.9. The Bertz CT molecular complexity index is 1110. The van der Waals surface area contributed by atoms with Gasteiger partial charge in [-0.25, -0.2) is 9.69 Å². The minimum atomic E-state index is -0.846. The topological polar surface area (TPSA) is 84.9 Å². The Morgan fingerprint density at radius 2 is 1.93 bits per heavy atom. The third-order valence-electron chi connectivity index (χ3n) is 4.05. The van der Waals surface area contributed by atoms with Crippen LogP contribution >= 0.6 is 27.5 Å². The van der Waals surface area contributed by atoms with Crippen LogP contribution in [-0.4, -0.2) is 31.6 Å². The van der Waals surface area contributed by atoms with Gasteiger partial charge in [0.25, 0.3) is 11.8 Å². The summed E-state index contributed by atoms with van der Waals surface area (Å²) in [7, 11) is 1.45. The molecule has 2 aromatic rings. The minimum absolute atomic E-state index is 0.0362. The van der Waals surface area contributed by atoms with Crippen LogP contribution in [0, 0.1) is 12.3 Å². The van der Waals surface area contributed by atoms with Crippen LogP contribution in [0.1, 0.15) is 5.56 Å². The average Bonchev–Trinajstić information content (AvgIpc) is 2.71. The lowest BCUT2D eigenvalue weighted by atomic mass is 10.1. The number of rotatable bonds is 5. The van der Waals surface area contributed by atoms with Gasteiger partial charge in [0.15, 0.2) is 11.5 Å². The van der Waals surface area contributed by atoms with Crippen LogP contribution in [0.5, 0.6) is 11.5 Å². The third-order valence-corrected chi connectivity index (χ3v) is 4.89. The molecule has 0 aliphatic carbocycles. The summed E-state index contributed by atoms with van der Waals surface area (Å²) >= 11 is 9.23. The summed E-state index contributed by atoms with van der Waals surface area (Å²) in [4.78, 5) is 38.4. The van der Waals surface area contributed by atoms with Crippen LogP contribution in [0.15, 0.2) is 46.4 Å². The van der Waals surface area contributed by atoms with Gasteiger partial charge in [-0.3, -0.25) is 14.9 Å². The normalized spacial score (nSPS) is 15.1. The zero-order valence-corrected chi connectivity index (χ0v) is 17.9. The SMILES string of the molecule is C#CCOc1c(Br)cc(C=C2C(=O)NC(=O)N(c3ccc(Cl)cc3)C2=O)cc1OC. The monoisotopic (exact) mass is 488 g/mol. The Kier molecular flexibility index (Phi) is 6.45. The number of nitrogens with zero attached hydrogens (tertiary/aromatic N) is 1. The third kappa shape index (κ3) is 4.32. The number of halogens is 2. The highest BCUT2D eigenvalue weighted by molar-refractivity contribution is 9.10. The standard InChI is InChI=1S/C21H14BrClN2O5/c1-3-8-30-18-16(22)10-12(11-17(18)29-2)9-15-19(26)24-21(28)25(20(15)27)14-6-4-13(23)5-7-14/h1,4-7,9-11H,8H2,2H3,(H,24,26,28). The second kappa shape index (κ2) is 9.03. The number of amides is 4. The largest absolute Gasteiger partial charge is 0.493 e. The molecule has 7 nitrogen and oxygen atoms in total. The van der Waals surface area contributed by atoms with Gasteiger partial charge in [-0.2, -0.15) is 0 Å². The molecule has 1 N–H and O–H groups in total. The first-order valence-corrected chi connectivity index (χ1v) is 9.63. The van der Waals surface area contributed by atoms with Crippen LogP contribution in [0.3, 0.4) is 0 Å². The van der Waals surface area contributed by atoms with Crippen LogP contribution in [0.4, 0.5) is 10.5 Å². The maximum Gasteiger partial charge on any atom is 0.335 e. The van der Waals surface area contributed by atoms with E-state index < -0.39 is 17.8 Å². The maximum atomic E-state index is 12.9. The van der Waals surface area contributed by atoms with Crippen molar-refractivity contribution >= 4 is 57.1 Å². The van der Waals surface area contributed by atoms with Crippen LogP contribution in [0.25, 0.3) is 6.08 Å². The molecule has 0 bridgehead atoms. The molecule has 1 aliphatic rings. The number of terminal acetylenes is 1. The van der Waals surface area contributed by atoms with E-state index in [0.29, 0.717) is 26.6 Å². The van der Waals surface area contributed by atoms with Crippen molar-refractivity contribution in [1.29, 1.82) is 0 Å². The summed E-state index contributed by atoms with van der Waals surface area (Å²) in [6.45, 7) is 0.0362. The summed E-state index contributed by atoms with van der Waals surface area (Å²) in [5.41, 5.74) is 0.517. The lowest BCUT2D eigenvalue weighted by Crippen LogP contribution is -2.54. The number of carbonyl (C=O) groups excluding carboxylic acids is 3. The van der Waals surface area contributed by atoms with E-state index in [9.17, 15) is 14.4 Å². The smallest absolute Gasteiger partial charge is 0.335 e. The molecule has 1 saturated heterocycles. The van der Waals surface area contributed by atoms with E-state index in [1.54, 1.807) is 12.1 Å². The number of imide groups is 2. The molecule has 1 heterocycles. The molecule has 30 heavy (non-hydrogen) atoms. The number of benzene rings is 2. The van der Waals surface area contributed by atoms with Gasteiger partial charge in [0.2, 0.25) is 0 Å². The van der Waals surface area contributed by atoms with E-state index in [2.05, 4.69) is 27.2 Å². The minimum Gasteiger partial charge on any atom is -0.493 e. The summed E-state index contributed by atoms with van der Waals surface area (Å²) in [5.74, 6) is 1.52. The number of carbonyl (C=O) groups is 3. The summed E-state index contributed by atoms with van der Waals surface area (Å²) < 4.78 is 11.3. The number of methoxy groups -OCH3 is 1. The van der Waals surface area contributed by atoms with Crippen molar-refractivity contribution in [2.45, 2.75) is 0 Å². The molecule has 0 atom stereocenters. The highest BCUT2D eigenvalue weighted by Crippen LogP contribution is 2.37. The zero-order valence-electron chi connectivity index (χ0n) is 15.6. The molecule has 0 saturated carbocycles. The van der Waals surface area contributed by atoms with Crippen LogP contribution in [0.2, 0.25) is 5.02 Å². The molecule has 0 aromatic heterocycles. The van der Waals surface area contributed by atoms with Gasteiger partial charge in [-0.05, 0) is 64.0 Å². The summed E-state index contributed by atoms with van der Waals surface area (Å²) in [6.07, 6.45) is 6.57. The number of nitrogens with one attached hydrogen (secondary N) is 1. The van der Waals surface area contributed by atoms with Crippen molar-refractivity contribution in [3.8, 4) is 23.8 Å². The molecule has 3 rings (SSSR count). The average molecular weight is 490 g/mol. The summed E-state index contributed by atoms with van der Waals surface area (Å²) in [6, 6.07) is 8.44. The van der Waals surface area contributed by atoms with Crippen molar-refractivity contribution in [2.75, 3.05) is 18.6 Å². The fourth-order valence-electron chi connectivity index (χ4n) is 2.73. The first-order valence-electron chi connectivity index (χ1n) is 8.46. The molecule has 0 spiro atoms.